The number of amides is 3. The molecule has 0 spiro atoms. The summed E-state index contributed by atoms with van der Waals surface area (Å²) in [7, 11) is 0. The van der Waals surface area contributed by atoms with Crippen molar-refractivity contribution in [3.05, 3.63) is 71.7 Å². The lowest BCUT2D eigenvalue weighted by molar-refractivity contribution is -0.116. The molecule has 0 radical (unpaired) electrons. The maximum atomic E-state index is 14.1. The number of halogens is 1. The van der Waals surface area contributed by atoms with Gasteiger partial charge in [-0.1, -0.05) is 70.9 Å². The molecule has 0 aliphatic heterocycles. The van der Waals surface area contributed by atoms with Gasteiger partial charge in [-0.3, -0.25) is 4.79 Å². The van der Waals surface area contributed by atoms with Crippen LogP contribution in [0.3, 0.4) is 0 Å². The Bertz CT molecular complexity index is 1200. The predicted octanol–water partition coefficient (Wildman–Crippen LogP) is 6.28. The summed E-state index contributed by atoms with van der Waals surface area (Å²) in [6.07, 6.45) is 2.63. The second-order valence-electron chi connectivity index (χ2n) is 9.95. The van der Waals surface area contributed by atoms with E-state index < -0.39 is 11.8 Å². The highest BCUT2D eigenvalue weighted by Crippen LogP contribution is 2.27. The minimum atomic E-state index is -0.527. The Morgan fingerprint density at radius 3 is 2.39 bits per heavy atom. The van der Waals surface area contributed by atoms with Crippen LogP contribution in [-0.4, -0.2) is 39.7 Å². The van der Waals surface area contributed by atoms with E-state index in [1.54, 1.807) is 16.8 Å². The number of nitrogens with one attached hydrogen (secondary N) is 2. The number of unbranched alkanes of at least 4 members (excludes halogenated alkanes) is 2. The van der Waals surface area contributed by atoms with Crippen LogP contribution in [0.5, 0.6) is 0 Å². The van der Waals surface area contributed by atoms with E-state index >= 15 is 0 Å². The van der Waals surface area contributed by atoms with Crippen molar-refractivity contribution in [1.82, 2.24) is 14.7 Å². The quantitative estimate of drug-likeness (QED) is 0.344. The third-order valence-corrected chi connectivity index (χ3v) is 5.86. The fourth-order valence-corrected chi connectivity index (χ4v) is 3.74. The second-order valence-corrected chi connectivity index (χ2v) is 9.95. The number of carbonyl (C=O) groups is 2. The zero-order valence-electron chi connectivity index (χ0n) is 21.8. The van der Waals surface area contributed by atoms with Crippen molar-refractivity contribution in [2.24, 2.45) is 0 Å². The van der Waals surface area contributed by atoms with Crippen LogP contribution in [0.25, 0.3) is 5.69 Å². The van der Waals surface area contributed by atoms with Gasteiger partial charge in [-0.25, -0.2) is 13.9 Å². The van der Waals surface area contributed by atoms with Crippen LogP contribution in [0.1, 0.15) is 58.2 Å². The normalized spacial score (nSPS) is 11.3. The molecule has 8 heteroatoms. The summed E-state index contributed by atoms with van der Waals surface area (Å²) in [5, 5.41) is 10.3. The number of aromatic nitrogens is 2. The van der Waals surface area contributed by atoms with Crippen molar-refractivity contribution in [3.63, 3.8) is 0 Å². The van der Waals surface area contributed by atoms with Gasteiger partial charge in [-0.05, 0) is 37.1 Å². The summed E-state index contributed by atoms with van der Waals surface area (Å²) in [4.78, 5) is 27.5. The number of nitrogens with zero attached hydrogens (tertiary/aromatic N) is 3. The van der Waals surface area contributed by atoms with Crippen molar-refractivity contribution < 1.29 is 14.0 Å². The van der Waals surface area contributed by atoms with Crippen LogP contribution in [0.4, 0.5) is 20.7 Å². The highest BCUT2D eigenvalue weighted by Gasteiger charge is 2.24. The van der Waals surface area contributed by atoms with Crippen LogP contribution >= 0.6 is 0 Å². The summed E-state index contributed by atoms with van der Waals surface area (Å²) >= 11 is 0. The molecule has 36 heavy (non-hydrogen) atoms. The standard InChI is InChI=1S/C28H36FN5O2/c1-6-7-12-17-33(27(36)30-22-15-10-9-14-21(22)29)19-26(35)31-25-18-24(28(3,4)5)32-34(25)23-16-11-8-13-20(23)2/h8-11,13-16,18H,6-7,12,17,19H2,1-5H3,(H,30,36)(H,31,35). The summed E-state index contributed by atoms with van der Waals surface area (Å²) in [5.41, 5.74) is 2.57. The molecular weight excluding hydrogens is 457 g/mol. The van der Waals surface area contributed by atoms with Crippen molar-refractivity contribution >= 4 is 23.4 Å². The molecule has 0 saturated heterocycles. The number of para-hydroxylation sites is 2. The summed E-state index contributed by atoms with van der Waals surface area (Å²) in [6.45, 7) is 10.4. The Hall–Kier alpha value is -3.68. The molecule has 0 saturated carbocycles. The Labute approximate surface area is 212 Å². The van der Waals surface area contributed by atoms with Crippen LogP contribution in [-0.2, 0) is 10.2 Å². The first kappa shape index (κ1) is 26.9. The predicted molar refractivity (Wildman–Crippen MR) is 142 cm³/mol. The topological polar surface area (TPSA) is 79.3 Å². The molecule has 0 aliphatic carbocycles. The van der Waals surface area contributed by atoms with Crippen LogP contribution in [0.15, 0.2) is 54.6 Å². The lowest BCUT2D eigenvalue weighted by Gasteiger charge is -2.23. The van der Waals surface area contributed by atoms with E-state index in [9.17, 15) is 14.0 Å². The van der Waals surface area contributed by atoms with Crippen molar-refractivity contribution in [2.45, 2.75) is 59.3 Å². The second kappa shape index (κ2) is 11.8. The van der Waals surface area contributed by atoms with Crippen molar-refractivity contribution in [2.75, 3.05) is 23.7 Å². The van der Waals surface area contributed by atoms with Gasteiger partial charge in [0.2, 0.25) is 5.91 Å². The largest absolute Gasteiger partial charge is 0.322 e. The Kier molecular flexibility index (Phi) is 8.85. The number of urea groups is 1. The van der Waals surface area contributed by atoms with Crippen LogP contribution < -0.4 is 10.6 Å². The third-order valence-electron chi connectivity index (χ3n) is 5.86. The van der Waals surface area contributed by atoms with Gasteiger partial charge >= 0.3 is 6.03 Å². The molecule has 0 atom stereocenters. The molecule has 0 aliphatic rings. The number of benzene rings is 2. The fraction of sp³-hybridized carbons (Fsp3) is 0.393. The Morgan fingerprint density at radius 2 is 1.72 bits per heavy atom. The lowest BCUT2D eigenvalue weighted by Crippen LogP contribution is -2.41. The molecule has 0 unspecified atom stereocenters. The van der Waals surface area contributed by atoms with Gasteiger partial charge in [0.25, 0.3) is 0 Å². The summed E-state index contributed by atoms with van der Waals surface area (Å²) in [5.74, 6) is -0.353. The average Bonchev–Trinajstić information content (AvgIpc) is 3.24. The first-order chi connectivity index (χ1) is 17.1. The van der Waals surface area contributed by atoms with E-state index in [0.717, 1.165) is 36.2 Å². The number of hydrogen-bond acceptors (Lipinski definition) is 3. The van der Waals surface area contributed by atoms with E-state index in [1.807, 2.05) is 37.3 Å². The third kappa shape index (κ3) is 6.93. The van der Waals surface area contributed by atoms with Gasteiger partial charge in [0, 0.05) is 18.0 Å². The van der Waals surface area contributed by atoms with Crippen LogP contribution in [0, 0.1) is 12.7 Å². The van der Waals surface area contributed by atoms with Gasteiger partial charge in [-0.15, -0.1) is 0 Å². The first-order valence-corrected chi connectivity index (χ1v) is 12.4. The SMILES string of the molecule is CCCCCN(CC(=O)Nc1cc(C(C)(C)C)nn1-c1ccccc1C)C(=O)Nc1ccccc1F. The molecule has 7 nitrogen and oxygen atoms in total. The monoisotopic (exact) mass is 493 g/mol. The minimum absolute atomic E-state index is 0.0795. The smallest absolute Gasteiger partial charge is 0.315 e. The molecule has 1 heterocycles. The number of aryl methyl sites for hydroxylation is 1. The van der Waals surface area contributed by atoms with Crippen LogP contribution in [0.2, 0.25) is 0 Å². The molecule has 0 fully saturated rings. The molecule has 2 N–H and O–H groups in total. The summed E-state index contributed by atoms with van der Waals surface area (Å²) in [6, 6.07) is 15.1. The molecule has 3 rings (SSSR count). The first-order valence-electron chi connectivity index (χ1n) is 12.4. The van der Waals surface area contributed by atoms with E-state index in [1.165, 1.54) is 17.0 Å². The molecule has 192 valence electrons. The van der Waals surface area contributed by atoms with E-state index in [0.29, 0.717) is 12.4 Å². The number of rotatable bonds is 9. The number of carbonyl (C=O) groups excluding carboxylic acids is 2. The highest BCUT2D eigenvalue weighted by atomic mass is 19.1. The number of anilines is 2. The van der Waals surface area contributed by atoms with Gasteiger partial charge in [0.1, 0.15) is 18.2 Å². The summed E-state index contributed by atoms with van der Waals surface area (Å²) < 4.78 is 15.8. The van der Waals surface area contributed by atoms with E-state index in [2.05, 4.69) is 38.3 Å². The minimum Gasteiger partial charge on any atom is -0.315 e. The molecule has 2 aromatic carbocycles. The maximum absolute atomic E-state index is 14.1. The highest BCUT2D eigenvalue weighted by molar-refractivity contribution is 5.96. The van der Waals surface area contributed by atoms with Gasteiger partial charge in [0.05, 0.1) is 17.1 Å². The zero-order valence-corrected chi connectivity index (χ0v) is 21.8. The molecule has 3 aromatic rings. The van der Waals surface area contributed by atoms with Gasteiger partial charge in [-0.2, -0.15) is 5.10 Å². The van der Waals surface area contributed by atoms with Gasteiger partial charge in [0.15, 0.2) is 0 Å². The number of hydrogen-bond donors (Lipinski definition) is 2. The van der Waals surface area contributed by atoms with Crippen molar-refractivity contribution in [3.8, 4) is 5.69 Å². The van der Waals surface area contributed by atoms with E-state index in [4.69, 9.17) is 5.10 Å². The van der Waals surface area contributed by atoms with Gasteiger partial charge < -0.3 is 15.5 Å². The zero-order chi connectivity index (χ0) is 26.3. The fourth-order valence-electron chi connectivity index (χ4n) is 3.74. The molecule has 1 aromatic heterocycles. The molecule has 0 bridgehead atoms. The average molecular weight is 494 g/mol. The molecular formula is C28H36FN5O2. The lowest BCUT2D eigenvalue weighted by atomic mass is 9.92. The molecule has 3 amide bonds. The Morgan fingerprint density at radius 1 is 1.03 bits per heavy atom. The Balaban J connectivity index is 1.82. The maximum Gasteiger partial charge on any atom is 0.322 e. The van der Waals surface area contributed by atoms with Crippen molar-refractivity contribution in [1.29, 1.82) is 0 Å². The van der Waals surface area contributed by atoms with E-state index in [-0.39, 0.29) is 23.6 Å².